The van der Waals surface area contributed by atoms with Crippen molar-refractivity contribution in [3.05, 3.63) is 278 Å². The number of nitrogens with zero attached hydrogens (tertiary/aromatic N) is 2. The lowest BCUT2D eigenvalue weighted by Crippen LogP contribution is -2.73. The lowest BCUT2D eigenvalue weighted by Gasteiger charge is -2.33. The normalized spacial score (nSPS) is 11.9. The number of hydrogen-bond donors (Lipinski definition) is 0. The van der Waals surface area contributed by atoms with Crippen molar-refractivity contribution in [2.24, 2.45) is 0 Å². The van der Waals surface area contributed by atoms with E-state index in [4.69, 9.17) is 0 Å². The number of thiophene rings is 2. The van der Waals surface area contributed by atoms with Gasteiger partial charge in [-0.2, -0.15) is 0 Å². The minimum absolute atomic E-state index is 1.20. The number of aromatic nitrogens is 2. The highest BCUT2D eigenvalue weighted by molar-refractivity contribution is 7.45. The molecule has 0 spiro atoms. The molecule has 0 radical (unpaired) electrons. The van der Waals surface area contributed by atoms with E-state index in [0.29, 0.717) is 0 Å². The summed E-state index contributed by atoms with van der Waals surface area (Å²) in [4.78, 5) is 2.56. The van der Waals surface area contributed by atoms with E-state index < -0.39 is 8.07 Å². The topological polar surface area (TPSA) is 9.86 Å². The third-order valence-corrected chi connectivity index (χ3v) is 23.9. The van der Waals surface area contributed by atoms with Gasteiger partial charge in [0.15, 0.2) is 0 Å². The Morgan fingerprint density at radius 2 is 0.640 bits per heavy atom. The van der Waals surface area contributed by atoms with E-state index in [9.17, 15) is 0 Å². The first-order valence-corrected chi connectivity index (χ1v) is 29.4. The summed E-state index contributed by atoms with van der Waals surface area (Å²) in [6.45, 7) is 4.65. The molecule has 5 heteroatoms. The van der Waals surface area contributed by atoms with Gasteiger partial charge in [0.25, 0.3) is 0 Å². The Morgan fingerprint density at radius 3 is 1.04 bits per heavy atom. The van der Waals surface area contributed by atoms with Crippen molar-refractivity contribution in [2.45, 2.75) is 13.8 Å². The van der Waals surface area contributed by atoms with Crippen molar-refractivity contribution >= 4 is 93.7 Å². The molecular formula is C70H50N2S2Si. The second kappa shape index (κ2) is 18.4. The summed E-state index contributed by atoms with van der Waals surface area (Å²) in [5, 5.41) is 7.77. The zero-order chi connectivity index (χ0) is 50.0. The Labute approximate surface area is 446 Å². The molecule has 0 saturated heterocycles. The van der Waals surface area contributed by atoms with Crippen LogP contribution in [0.4, 0.5) is 0 Å². The predicted octanol–water partition coefficient (Wildman–Crippen LogP) is 16.7. The van der Waals surface area contributed by atoms with Crippen LogP contribution in [0.1, 0.15) is 11.1 Å². The molecule has 14 aromatic rings. The van der Waals surface area contributed by atoms with Crippen LogP contribution < -0.4 is 19.4 Å². The average Bonchev–Trinajstić information content (AvgIpc) is 4.32. The summed E-state index contributed by atoms with van der Waals surface area (Å²) in [5.74, 6) is 0. The first-order valence-electron chi connectivity index (χ1n) is 25.7. The highest BCUT2D eigenvalue weighted by atomic mass is 32.1. The molecule has 4 heterocycles. The van der Waals surface area contributed by atoms with E-state index in [2.05, 4.69) is 290 Å². The third-order valence-electron chi connectivity index (χ3n) is 15.4. The molecule has 0 amide bonds. The van der Waals surface area contributed by atoms with E-state index >= 15 is 0 Å². The van der Waals surface area contributed by atoms with Crippen LogP contribution >= 0.6 is 22.7 Å². The zero-order valence-corrected chi connectivity index (χ0v) is 44.2. The fourth-order valence-corrected chi connectivity index (χ4v) is 21.4. The van der Waals surface area contributed by atoms with E-state index in [0.717, 1.165) is 0 Å². The number of hydrogen-bond acceptors (Lipinski definition) is 2. The number of rotatable bonds is 10. The summed E-state index contributed by atoms with van der Waals surface area (Å²) >= 11 is 3.93. The second-order valence-corrected chi connectivity index (χ2v) is 26.3. The Morgan fingerprint density at radius 1 is 0.280 bits per heavy atom. The summed E-state index contributed by atoms with van der Waals surface area (Å²) in [6, 6.07) is 99.6. The first-order chi connectivity index (χ1) is 37.0. The van der Waals surface area contributed by atoms with Crippen molar-refractivity contribution in [2.75, 3.05) is 0 Å². The molecular weight excluding hydrogens is 961 g/mol. The minimum atomic E-state index is -3.09. The van der Waals surface area contributed by atoms with Crippen LogP contribution in [0.25, 0.3) is 98.1 Å². The van der Waals surface area contributed by atoms with Crippen LogP contribution in [0.3, 0.4) is 0 Å². The molecule has 75 heavy (non-hydrogen) atoms. The van der Waals surface area contributed by atoms with Crippen LogP contribution in [0.2, 0.25) is 0 Å². The van der Waals surface area contributed by atoms with Gasteiger partial charge in [0.1, 0.15) is 0 Å². The van der Waals surface area contributed by atoms with Crippen LogP contribution in [0.5, 0.6) is 0 Å². The van der Waals surface area contributed by atoms with Gasteiger partial charge >= 0.3 is 0 Å². The van der Waals surface area contributed by atoms with Gasteiger partial charge in [-0.25, -0.2) is 0 Å². The Bertz CT molecular complexity index is 4140. The lowest BCUT2D eigenvalue weighted by molar-refractivity contribution is 1.15. The molecule has 0 aliphatic carbocycles. The van der Waals surface area contributed by atoms with Crippen LogP contribution in [0.15, 0.2) is 267 Å². The quantitative estimate of drug-likeness (QED) is 0.121. The minimum Gasteiger partial charge on any atom is -0.309 e. The van der Waals surface area contributed by atoms with Crippen molar-refractivity contribution in [3.8, 4) is 54.5 Å². The molecule has 0 aliphatic heterocycles. The highest BCUT2D eigenvalue weighted by Crippen LogP contribution is 2.39. The molecule has 0 fully saturated rings. The molecule has 0 aliphatic rings. The van der Waals surface area contributed by atoms with Gasteiger partial charge < -0.3 is 9.13 Å². The molecule has 0 saturated carbocycles. The summed E-state index contributed by atoms with van der Waals surface area (Å²) in [6.07, 6.45) is 0. The largest absolute Gasteiger partial charge is 0.309 e. The van der Waals surface area contributed by atoms with Crippen molar-refractivity contribution in [3.63, 3.8) is 0 Å². The smallest absolute Gasteiger partial charge is 0.202 e. The molecule has 10 aromatic carbocycles. The molecule has 4 aromatic heterocycles. The zero-order valence-electron chi connectivity index (χ0n) is 41.6. The van der Waals surface area contributed by atoms with Crippen molar-refractivity contribution in [1.29, 1.82) is 0 Å². The van der Waals surface area contributed by atoms with Crippen molar-refractivity contribution in [1.82, 2.24) is 9.13 Å². The molecule has 14 rings (SSSR count). The standard InChI is InChI=1S/C70H50N2S2Si/c1-47-43-55(33-37-61(47)71-63-29-17-15-27-57(63)59-45-53(31-35-65(59)71)49-19-7-3-8-20-49)75(69-41-39-67(73-69)51-23-11-5-12-24-51,70-42-40-68(74-70)52-25-13-6-14-26-52)56-34-38-62(48(2)44-56)72-64-30-18-16-28-58(64)60-46-54(32-36-66(60)72)50-21-9-4-10-22-50/h3-46H,1-2H3. The maximum atomic E-state index is 2.55. The van der Waals surface area contributed by atoms with Crippen LogP contribution in [-0.2, 0) is 0 Å². The maximum Gasteiger partial charge on any atom is 0.202 e. The SMILES string of the molecule is Cc1cc([Si](c2ccc(-n3c4ccccc4c4cc(-c5ccccc5)ccc43)c(C)c2)(c2ccc(-c3ccccc3)s2)c2ccc(-c3ccccc3)s2)ccc1-n1c2ccccc2c2cc(-c3ccccc3)ccc21. The Balaban J connectivity index is 0.999. The number of benzene rings is 10. The Kier molecular flexibility index (Phi) is 11.1. The summed E-state index contributed by atoms with van der Waals surface area (Å²) in [5.41, 5.74) is 17.1. The van der Waals surface area contributed by atoms with Gasteiger partial charge in [-0.05, 0) is 129 Å². The van der Waals surface area contributed by atoms with Gasteiger partial charge in [0.2, 0.25) is 8.07 Å². The Hall–Kier alpha value is -8.58. The second-order valence-electron chi connectivity index (χ2n) is 19.7. The van der Waals surface area contributed by atoms with E-state index in [1.807, 2.05) is 22.7 Å². The predicted molar refractivity (Wildman–Crippen MR) is 326 cm³/mol. The maximum absolute atomic E-state index is 3.09. The van der Waals surface area contributed by atoms with Gasteiger partial charge in [-0.15, -0.1) is 22.7 Å². The first kappa shape index (κ1) is 45.1. The molecule has 0 atom stereocenters. The molecule has 0 bridgehead atoms. The highest BCUT2D eigenvalue weighted by Gasteiger charge is 2.45. The molecule has 0 N–H and O–H groups in total. The van der Waals surface area contributed by atoms with Gasteiger partial charge in [-0.3, -0.25) is 0 Å². The third kappa shape index (κ3) is 7.49. The number of fused-ring (bicyclic) bond motifs is 6. The van der Waals surface area contributed by atoms with E-state index in [1.54, 1.807) is 0 Å². The fraction of sp³-hybridized carbons (Fsp3) is 0.0286. The number of aryl methyl sites for hydroxylation is 2. The van der Waals surface area contributed by atoms with Gasteiger partial charge in [0, 0.05) is 51.7 Å². The van der Waals surface area contributed by atoms with Crippen LogP contribution in [-0.4, -0.2) is 17.2 Å². The summed E-state index contributed by atoms with van der Waals surface area (Å²) < 4.78 is 7.81. The fourth-order valence-electron chi connectivity index (χ4n) is 11.8. The van der Waals surface area contributed by atoms with E-state index in [-0.39, 0.29) is 0 Å². The van der Waals surface area contributed by atoms with E-state index in [1.165, 1.54) is 129 Å². The summed E-state index contributed by atoms with van der Waals surface area (Å²) in [7, 11) is -3.09. The monoisotopic (exact) mass is 1010 g/mol. The molecule has 2 nitrogen and oxygen atoms in total. The number of para-hydroxylation sites is 2. The van der Waals surface area contributed by atoms with Crippen LogP contribution in [0, 0.1) is 13.8 Å². The van der Waals surface area contributed by atoms with Crippen molar-refractivity contribution < 1.29 is 0 Å². The van der Waals surface area contributed by atoms with Gasteiger partial charge in [0.05, 0.1) is 22.1 Å². The van der Waals surface area contributed by atoms with Gasteiger partial charge in [-0.1, -0.05) is 206 Å². The molecule has 0 unspecified atom stereocenters. The lowest BCUT2D eigenvalue weighted by atomic mass is 10.0. The average molecular weight is 1010 g/mol. The molecule has 356 valence electrons.